The molecule has 0 spiro atoms. The normalized spacial score (nSPS) is 12.1. The smallest absolute Gasteiger partial charge is 0.258 e. The number of pyridine rings is 1. The number of rotatable bonds is 4. The number of halogens is 1. The van der Waals surface area contributed by atoms with Crippen molar-refractivity contribution in [2.45, 2.75) is 13.0 Å². The third kappa shape index (κ3) is 3.11. The first-order valence-electron chi connectivity index (χ1n) is 6.15. The van der Waals surface area contributed by atoms with Gasteiger partial charge < -0.3 is 5.32 Å². The van der Waals surface area contributed by atoms with Gasteiger partial charge in [0, 0.05) is 12.4 Å². The lowest BCUT2D eigenvalue weighted by Crippen LogP contribution is -2.12. The molecule has 8 nitrogen and oxygen atoms in total. The minimum absolute atomic E-state index is 0.0271. The van der Waals surface area contributed by atoms with E-state index in [4.69, 9.17) is 11.6 Å². The first-order valence-corrected chi connectivity index (χ1v) is 6.53. The molecule has 3 rings (SSSR count). The van der Waals surface area contributed by atoms with Crippen molar-refractivity contribution in [3.63, 3.8) is 0 Å². The Hall–Kier alpha value is -2.61. The molecule has 0 radical (unpaired) electrons. The molecule has 0 aliphatic rings. The lowest BCUT2D eigenvalue weighted by atomic mass is 10.1. The van der Waals surface area contributed by atoms with Crippen molar-refractivity contribution in [1.29, 1.82) is 0 Å². The largest absolute Gasteiger partial charge is 0.347 e. The number of anilines is 1. The number of nitrogens with zero attached hydrogens (tertiary/aromatic N) is 7. The molecule has 1 N–H and O–H groups in total. The fraction of sp³-hybridized carbons (Fsp3) is 0.167. The van der Waals surface area contributed by atoms with E-state index in [1.807, 2.05) is 19.1 Å². The van der Waals surface area contributed by atoms with Crippen molar-refractivity contribution >= 4 is 17.5 Å². The summed E-state index contributed by atoms with van der Waals surface area (Å²) in [5, 5.41) is 7.20. The average molecular weight is 303 g/mol. The molecule has 1 atom stereocenters. The van der Waals surface area contributed by atoms with Crippen molar-refractivity contribution in [2.24, 2.45) is 0 Å². The van der Waals surface area contributed by atoms with Crippen LogP contribution in [0, 0.1) is 0 Å². The minimum Gasteiger partial charge on any atom is -0.347 e. The molecule has 3 aromatic rings. The van der Waals surface area contributed by atoms with Gasteiger partial charge >= 0.3 is 0 Å². The van der Waals surface area contributed by atoms with E-state index in [2.05, 4.69) is 35.3 Å². The molecule has 9 heteroatoms. The summed E-state index contributed by atoms with van der Waals surface area (Å²) in [6, 6.07) is 3.81. The number of aromatic nitrogens is 7. The van der Waals surface area contributed by atoms with E-state index >= 15 is 0 Å². The Bertz CT molecular complexity index is 715. The highest BCUT2D eigenvalue weighted by molar-refractivity contribution is 6.28. The first-order chi connectivity index (χ1) is 10.2. The summed E-state index contributed by atoms with van der Waals surface area (Å²) >= 11 is 5.92. The van der Waals surface area contributed by atoms with E-state index in [0.717, 1.165) is 5.56 Å². The van der Waals surface area contributed by atoms with Crippen molar-refractivity contribution in [3.8, 4) is 5.95 Å². The predicted octanol–water partition coefficient (Wildman–Crippen LogP) is 1.67. The Kier molecular flexibility index (Phi) is 3.69. The van der Waals surface area contributed by atoms with Gasteiger partial charge in [-0.15, -0.1) is 0 Å². The van der Waals surface area contributed by atoms with Crippen LogP contribution < -0.4 is 5.32 Å². The van der Waals surface area contributed by atoms with Gasteiger partial charge in [-0.25, -0.2) is 4.98 Å². The molecule has 0 aliphatic heterocycles. The molecular formula is C12H11ClN8. The van der Waals surface area contributed by atoms with E-state index in [1.54, 1.807) is 12.4 Å². The summed E-state index contributed by atoms with van der Waals surface area (Å²) < 4.78 is 1.41. The maximum atomic E-state index is 5.92. The van der Waals surface area contributed by atoms with Gasteiger partial charge in [-0.2, -0.15) is 24.7 Å². The van der Waals surface area contributed by atoms with E-state index in [0.29, 0.717) is 11.9 Å². The molecule has 106 valence electrons. The number of hydrogen-bond donors (Lipinski definition) is 1. The lowest BCUT2D eigenvalue weighted by Gasteiger charge is -2.14. The zero-order chi connectivity index (χ0) is 14.7. The number of nitrogens with one attached hydrogen (secondary N) is 1. The molecule has 0 aliphatic carbocycles. The highest BCUT2D eigenvalue weighted by atomic mass is 35.5. The second kappa shape index (κ2) is 5.80. The van der Waals surface area contributed by atoms with Gasteiger partial charge in [0.15, 0.2) is 0 Å². The van der Waals surface area contributed by atoms with Gasteiger partial charge in [0.05, 0.1) is 6.04 Å². The maximum Gasteiger partial charge on any atom is 0.258 e. The van der Waals surface area contributed by atoms with Gasteiger partial charge in [0.2, 0.25) is 11.2 Å². The Labute approximate surface area is 125 Å². The summed E-state index contributed by atoms with van der Waals surface area (Å²) in [7, 11) is 0. The van der Waals surface area contributed by atoms with Crippen LogP contribution in [-0.4, -0.2) is 34.7 Å². The number of hydrogen-bond acceptors (Lipinski definition) is 7. The molecule has 0 bridgehead atoms. The van der Waals surface area contributed by atoms with Crippen LogP contribution in [0.15, 0.2) is 37.2 Å². The second-order valence-electron chi connectivity index (χ2n) is 4.22. The van der Waals surface area contributed by atoms with Gasteiger partial charge in [-0.1, -0.05) is 6.07 Å². The van der Waals surface area contributed by atoms with Crippen molar-refractivity contribution in [3.05, 3.63) is 48.0 Å². The van der Waals surface area contributed by atoms with Crippen LogP contribution in [-0.2, 0) is 0 Å². The van der Waals surface area contributed by atoms with Crippen LogP contribution in [0.5, 0.6) is 0 Å². The summed E-state index contributed by atoms with van der Waals surface area (Å²) in [5.41, 5.74) is 1.01. The fourth-order valence-electron chi connectivity index (χ4n) is 1.73. The summed E-state index contributed by atoms with van der Waals surface area (Å²) in [6.45, 7) is 1.98. The van der Waals surface area contributed by atoms with Crippen LogP contribution in [0.4, 0.5) is 5.95 Å². The van der Waals surface area contributed by atoms with Crippen molar-refractivity contribution < 1.29 is 0 Å². The SMILES string of the molecule is CC(Nc1nc(Cl)nc(-n2cncn2)n1)c1cccnc1. The van der Waals surface area contributed by atoms with Crippen LogP contribution in [0.1, 0.15) is 18.5 Å². The summed E-state index contributed by atoms with van der Waals surface area (Å²) in [6.07, 6.45) is 6.38. The molecule has 0 aromatic carbocycles. The quantitative estimate of drug-likeness (QED) is 0.783. The zero-order valence-electron chi connectivity index (χ0n) is 11.0. The lowest BCUT2D eigenvalue weighted by molar-refractivity contribution is 0.781. The summed E-state index contributed by atoms with van der Waals surface area (Å²) in [5.74, 6) is 0.658. The Balaban J connectivity index is 1.86. The predicted molar refractivity (Wildman–Crippen MR) is 76.0 cm³/mol. The molecule has 0 saturated carbocycles. The van der Waals surface area contributed by atoms with E-state index in [-0.39, 0.29) is 11.3 Å². The molecule has 3 heterocycles. The monoisotopic (exact) mass is 302 g/mol. The molecule has 3 aromatic heterocycles. The standard InChI is InChI=1S/C12H11ClN8/c1-8(9-3-2-4-14-5-9)17-11-18-10(13)19-12(20-11)21-7-15-6-16-21/h2-8H,1H3,(H,17,18,19,20). The highest BCUT2D eigenvalue weighted by Crippen LogP contribution is 2.17. The van der Waals surface area contributed by atoms with E-state index in [9.17, 15) is 0 Å². The molecular weight excluding hydrogens is 292 g/mol. The molecule has 0 amide bonds. The van der Waals surface area contributed by atoms with Gasteiger partial charge in [-0.3, -0.25) is 4.98 Å². The molecule has 0 fully saturated rings. The average Bonchev–Trinajstić information content (AvgIpc) is 3.02. The van der Waals surface area contributed by atoms with Crippen LogP contribution in [0.25, 0.3) is 5.95 Å². The third-order valence-electron chi connectivity index (χ3n) is 2.75. The van der Waals surface area contributed by atoms with E-state index < -0.39 is 0 Å². The first kappa shape index (κ1) is 13.4. The Morgan fingerprint density at radius 3 is 2.86 bits per heavy atom. The van der Waals surface area contributed by atoms with Crippen LogP contribution >= 0.6 is 11.6 Å². The molecule has 0 saturated heterocycles. The maximum absolute atomic E-state index is 5.92. The van der Waals surface area contributed by atoms with Gasteiger partial charge in [0.1, 0.15) is 12.7 Å². The minimum atomic E-state index is -0.0271. The van der Waals surface area contributed by atoms with E-state index in [1.165, 1.54) is 17.3 Å². The molecule has 1 unspecified atom stereocenters. The van der Waals surface area contributed by atoms with Crippen molar-refractivity contribution in [1.82, 2.24) is 34.7 Å². The third-order valence-corrected chi connectivity index (χ3v) is 2.92. The second-order valence-corrected chi connectivity index (χ2v) is 4.56. The van der Waals surface area contributed by atoms with Gasteiger partial charge in [0.25, 0.3) is 5.95 Å². The van der Waals surface area contributed by atoms with Crippen LogP contribution in [0.2, 0.25) is 5.28 Å². The molecule has 21 heavy (non-hydrogen) atoms. The van der Waals surface area contributed by atoms with Crippen LogP contribution in [0.3, 0.4) is 0 Å². The van der Waals surface area contributed by atoms with Gasteiger partial charge in [-0.05, 0) is 30.2 Å². The zero-order valence-corrected chi connectivity index (χ0v) is 11.8. The highest BCUT2D eigenvalue weighted by Gasteiger charge is 2.11. The summed E-state index contributed by atoms with van der Waals surface area (Å²) in [4.78, 5) is 20.3. The Morgan fingerprint density at radius 1 is 1.24 bits per heavy atom. The van der Waals surface area contributed by atoms with Crippen molar-refractivity contribution in [2.75, 3.05) is 5.32 Å². The topological polar surface area (TPSA) is 94.3 Å². The fourth-order valence-corrected chi connectivity index (χ4v) is 1.88. The Morgan fingerprint density at radius 2 is 2.14 bits per heavy atom.